The highest BCUT2D eigenvalue weighted by molar-refractivity contribution is 6.30. The van der Waals surface area contributed by atoms with Gasteiger partial charge >= 0.3 is 0 Å². The van der Waals surface area contributed by atoms with Crippen molar-refractivity contribution in [3.63, 3.8) is 0 Å². The molecule has 0 N–H and O–H groups in total. The van der Waals surface area contributed by atoms with E-state index in [1.807, 2.05) is 4.90 Å². The van der Waals surface area contributed by atoms with Crippen molar-refractivity contribution >= 4 is 17.5 Å². The molecule has 1 aliphatic heterocycles. The molecule has 0 atom stereocenters. The molecule has 1 aliphatic rings. The van der Waals surface area contributed by atoms with Crippen molar-refractivity contribution in [3.8, 4) is 0 Å². The second kappa shape index (κ2) is 7.78. The molecule has 1 aromatic carbocycles. The molecule has 0 saturated carbocycles. The third kappa shape index (κ3) is 4.99. The summed E-state index contributed by atoms with van der Waals surface area (Å²) < 4.78 is 0. The van der Waals surface area contributed by atoms with Crippen LogP contribution in [0.1, 0.15) is 16.8 Å². The predicted octanol–water partition coefficient (Wildman–Crippen LogP) is 2.05. The summed E-state index contributed by atoms with van der Waals surface area (Å²) in [6, 6.07) is 7.14. The Hall–Kier alpha value is -1.10. The van der Waals surface area contributed by atoms with Crippen molar-refractivity contribution in [3.05, 3.63) is 34.9 Å². The van der Waals surface area contributed by atoms with E-state index in [1.165, 1.54) is 6.42 Å². The average Bonchev–Trinajstić information content (AvgIpc) is 2.48. The molecule has 116 valence electrons. The standard InChI is InChI=1S/C16H24ClN3O/c1-18(2)8-3-9-19-10-12-20(13-11-19)16(21)14-4-6-15(17)7-5-14/h4-7H,3,8-13H2,1-2H3. The number of hydrogen-bond acceptors (Lipinski definition) is 3. The fraction of sp³-hybridized carbons (Fsp3) is 0.562. The average molecular weight is 310 g/mol. The molecular formula is C16H24ClN3O. The largest absolute Gasteiger partial charge is 0.336 e. The van der Waals surface area contributed by atoms with E-state index in [1.54, 1.807) is 24.3 Å². The minimum atomic E-state index is 0.111. The molecule has 0 unspecified atom stereocenters. The molecule has 0 aliphatic carbocycles. The van der Waals surface area contributed by atoms with Crippen molar-refractivity contribution < 1.29 is 4.79 Å². The lowest BCUT2D eigenvalue weighted by atomic mass is 10.2. The van der Waals surface area contributed by atoms with Crippen molar-refractivity contribution in [2.45, 2.75) is 6.42 Å². The maximum atomic E-state index is 12.4. The fourth-order valence-electron chi connectivity index (χ4n) is 2.56. The van der Waals surface area contributed by atoms with Gasteiger partial charge in [0, 0.05) is 36.8 Å². The maximum Gasteiger partial charge on any atom is 0.253 e. The Morgan fingerprint density at radius 3 is 2.33 bits per heavy atom. The number of piperazine rings is 1. The number of nitrogens with zero attached hydrogens (tertiary/aromatic N) is 3. The molecule has 21 heavy (non-hydrogen) atoms. The molecule has 1 saturated heterocycles. The Morgan fingerprint density at radius 2 is 1.76 bits per heavy atom. The summed E-state index contributed by atoms with van der Waals surface area (Å²) in [5.41, 5.74) is 0.723. The zero-order valence-electron chi connectivity index (χ0n) is 12.9. The number of halogens is 1. The number of amides is 1. The van der Waals surface area contributed by atoms with E-state index in [-0.39, 0.29) is 5.91 Å². The van der Waals surface area contributed by atoms with E-state index in [0.717, 1.165) is 44.8 Å². The van der Waals surface area contributed by atoms with Crippen LogP contribution in [0.5, 0.6) is 0 Å². The van der Waals surface area contributed by atoms with Crippen LogP contribution in [0.3, 0.4) is 0 Å². The molecule has 0 aromatic heterocycles. The lowest BCUT2D eigenvalue weighted by Crippen LogP contribution is -2.49. The first-order chi connectivity index (χ1) is 10.1. The van der Waals surface area contributed by atoms with E-state index in [4.69, 9.17) is 11.6 Å². The van der Waals surface area contributed by atoms with E-state index >= 15 is 0 Å². The van der Waals surface area contributed by atoms with Crippen LogP contribution in [0.2, 0.25) is 5.02 Å². The molecule has 1 amide bonds. The van der Waals surface area contributed by atoms with Crippen molar-refractivity contribution in [1.82, 2.24) is 14.7 Å². The van der Waals surface area contributed by atoms with Crippen LogP contribution in [0.15, 0.2) is 24.3 Å². The van der Waals surface area contributed by atoms with Gasteiger partial charge in [-0.05, 0) is 57.9 Å². The number of hydrogen-bond donors (Lipinski definition) is 0. The number of benzene rings is 1. The van der Waals surface area contributed by atoms with E-state index < -0.39 is 0 Å². The first-order valence-electron chi connectivity index (χ1n) is 7.48. The van der Waals surface area contributed by atoms with Gasteiger partial charge in [-0.1, -0.05) is 11.6 Å². The Balaban J connectivity index is 1.78. The summed E-state index contributed by atoms with van der Waals surface area (Å²) >= 11 is 5.86. The molecule has 4 nitrogen and oxygen atoms in total. The van der Waals surface area contributed by atoms with Crippen molar-refractivity contribution in [2.75, 3.05) is 53.4 Å². The van der Waals surface area contributed by atoms with Crippen LogP contribution in [-0.2, 0) is 0 Å². The van der Waals surface area contributed by atoms with Crippen LogP contribution >= 0.6 is 11.6 Å². The van der Waals surface area contributed by atoms with Gasteiger partial charge in [0.2, 0.25) is 0 Å². The SMILES string of the molecule is CN(C)CCCN1CCN(C(=O)c2ccc(Cl)cc2)CC1. The number of rotatable bonds is 5. The molecule has 5 heteroatoms. The lowest BCUT2D eigenvalue weighted by molar-refractivity contribution is 0.0634. The number of carbonyl (C=O) groups excluding carboxylic acids is 1. The number of carbonyl (C=O) groups is 1. The van der Waals surface area contributed by atoms with Gasteiger partial charge in [0.15, 0.2) is 0 Å². The third-order valence-electron chi connectivity index (χ3n) is 3.83. The van der Waals surface area contributed by atoms with Gasteiger partial charge in [0.25, 0.3) is 5.91 Å². The van der Waals surface area contributed by atoms with Crippen molar-refractivity contribution in [1.29, 1.82) is 0 Å². The second-order valence-electron chi connectivity index (χ2n) is 5.80. The van der Waals surface area contributed by atoms with Crippen LogP contribution in [0, 0.1) is 0 Å². The second-order valence-corrected chi connectivity index (χ2v) is 6.23. The molecule has 1 aromatic rings. The van der Waals surface area contributed by atoms with Crippen LogP contribution in [0.25, 0.3) is 0 Å². The molecule has 0 radical (unpaired) electrons. The summed E-state index contributed by atoms with van der Waals surface area (Å²) in [4.78, 5) is 19.0. The predicted molar refractivity (Wildman–Crippen MR) is 87.0 cm³/mol. The van der Waals surface area contributed by atoms with E-state index in [9.17, 15) is 4.79 Å². The molecule has 0 spiro atoms. The third-order valence-corrected chi connectivity index (χ3v) is 4.08. The molecule has 0 bridgehead atoms. The highest BCUT2D eigenvalue weighted by Crippen LogP contribution is 2.13. The first-order valence-corrected chi connectivity index (χ1v) is 7.86. The molecule has 1 heterocycles. The van der Waals surface area contributed by atoms with Crippen molar-refractivity contribution in [2.24, 2.45) is 0 Å². The van der Waals surface area contributed by atoms with Gasteiger partial charge in [0.1, 0.15) is 0 Å². The Morgan fingerprint density at radius 1 is 1.14 bits per heavy atom. The Labute approximate surface area is 132 Å². The van der Waals surface area contributed by atoms with Gasteiger partial charge in [0.05, 0.1) is 0 Å². The minimum Gasteiger partial charge on any atom is -0.336 e. The lowest BCUT2D eigenvalue weighted by Gasteiger charge is -2.35. The Kier molecular flexibility index (Phi) is 6.03. The molecular weight excluding hydrogens is 286 g/mol. The summed E-state index contributed by atoms with van der Waals surface area (Å²) in [6.45, 7) is 5.78. The molecule has 2 rings (SSSR count). The molecule has 1 fully saturated rings. The van der Waals surface area contributed by atoms with Gasteiger partial charge in [-0.15, -0.1) is 0 Å². The van der Waals surface area contributed by atoms with Gasteiger partial charge in [-0.25, -0.2) is 0 Å². The van der Waals surface area contributed by atoms with Gasteiger partial charge in [-0.3, -0.25) is 9.69 Å². The first kappa shape index (κ1) is 16.3. The monoisotopic (exact) mass is 309 g/mol. The fourth-order valence-corrected chi connectivity index (χ4v) is 2.69. The summed E-state index contributed by atoms with van der Waals surface area (Å²) in [5, 5.41) is 0.664. The van der Waals surface area contributed by atoms with Crippen LogP contribution < -0.4 is 0 Å². The highest BCUT2D eigenvalue weighted by Gasteiger charge is 2.21. The minimum absolute atomic E-state index is 0.111. The Bertz CT molecular complexity index is 453. The summed E-state index contributed by atoms with van der Waals surface area (Å²) in [6.07, 6.45) is 1.18. The van der Waals surface area contributed by atoms with E-state index in [2.05, 4.69) is 23.9 Å². The van der Waals surface area contributed by atoms with Gasteiger partial charge < -0.3 is 9.80 Å². The topological polar surface area (TPSA) is 26.8 Å². The highest BCUT2D eigenvalue weighted by atomic mass is 35.5. The van der Waals surface area contributed by atoms with E-state index in [0.29, 0.717) is 5.02 Å². The normalized spacial score (nSPS) is 16.5. The summed E-state index contributed by atoms with van der Waals surface area (Å²) in [7, 11) is 4.20. The zero-order chi connectivity index (χ0) is 15.2. The quantitative estimate of drug-likeness (QED) is 0.833. The maximum absolute atomic E-state index is 12.4. The van der Waals surface area contributed by atoms with Crippen LogP contribution in [0.4, 0.5) is 0 Å². The van der Waals surface area contributed by atoms with Gasteiger partial charge in [-0.2, -0.15) is 0 Å². The van der Waals surface area contributed by atoms with Crippen LogP contribution in [-0.4, -0.2) is 74.0 Å². The smallest absolute Gasteiger partial charge is 0.253 e. The zero-order valence-corrected chi connectivity index (χ0v) is 13.6. The summed E-state index contributed by atoms with van der Waals surface area (Å²) in [5.74, 6) is 0.111.